The van der Waals surface area contributed by atoms with Crippen LogP contribution in [-0.2, 0) is 6.42 Å². The molecule has 13 heavy (non-hydrogen) atoms. The molecule has 68 valence electrons. The van der Waals surface area contributed by atoms with Gasteiger partial charge in [0.25, 0.3) is 0 Å². The number of nitrogens with two attached hydrogens (primary N) is 1. The molecule has 0 saturated carbocycles. The van der Waals surface area contributed by atoms with Crippen LogP contribution in [0.1, 0.15) is 11.1 Å². The molecule has 0 aromatic heterocycles. The van der Waals surface area contributed by atoms with Gasteiger partial charge in [-0.25, -0.2) is 0 Å². The molecular weight excluding hydrogens is 164 g/mol. The molecule has 0 heterocycles. The first-order valence-electron chi connectivity index (χ1n) is 4.13. The lowest BCUT2D eigenvalue weighted by molar-refractivity contribution is 0.183. The van der Waals surface area contributed by atoms with Gasteiger partial charge in [0.1, 0.15) is 0 Å². The molecular formula is C10H12N2O. The fraction of sp³-hybridized carbons (Fsp3) is 0.300. The lowest BCUT2D eigenvalue weighted by Gasteiger charge is -2.06. The van der Waals surface area contributed by atoms with Crippen molar-refractivity contribution < 1.29 is 5.11 Å². The molecule has 3 N–H and O–H groups in total. The first-order valence-corrected chi connectivity index (χ1v) is 4.13. The molecule has 1 atom stereocenters. The van der Waals surface area contributed by atoms with Crippen LogP contribution in [0, 0.1) is 11.3 Å². The van der Waals surface area contributed by atoms with Gasteiger partial charge in [0, 0.05) is 6.54 Å². The number of aliphatic hydroxyl groups excluding tert-OH is 1. The molecule has 0 saturated heterocycles. The van der Waals surface area contributed by atoms with Crippen LogP contribution in [0.25, 0.3) is 0 Å². The maximum atomic E-state index is 9.27. The maximum absolute atomic E-state index is 9.27. The third-order valence-electron chi connectivity index (χ3n) is 1.80. The summed E-state index contributed by atoms with van der Waals surface area (Å²) >= 11 is 0. The van der Waals surface area contributed by atoms with Gasteiger partial charge in [-0.05, 0) is 24.1 Å². The van der Waals surface area contributed by atoms with Crippen molar-refractivity contribution in [3.63, 3.8) is 0 Å². The third kappa shape index (κ3) is 2.86. The Hall–Kier alpha value is -1.37. The van der Waals surface area contributed by atoms with E-state index in [0.717, 1.165) is 5.56 Å². The van der Waals surface area contributed by atoms with Crippen LogP contribution in [-0.4, -0.2) is 17.8 Å². The highest BCUT2D eigenvalue weighted by atomic mass is 16.3. The van der Waals surface area contributed by atoms with Gasteiger partial charge < -0.3 is 10.8 Å². The van der Waals surface area contributed by atoms with Crippen molar-refractivity contribution in [2.24, 2.45) is 5.73 Å². The zero-order valence-corrected chi connectivity index (χ0v) is 7.27. The molecule has 3 nitrogen and oxygen atoms in total. The highest BCUT2D eigenvalue weighted by Gasteiger charge is 2.02. The second-order valence-electron chi connectivity index (χ2n) is 2.91. The van der Waals surface area contributed by atoms with Crippen molar-refractivity contribution in [2.75, 3.05) is 6.54 Å². The standard InChI is InChI=1S/C10H12N2O/c11-6-9-3-1-2-8(4-9)5-10(13)7-12/h1-4,10,13H,5,7,12H2. The van der Waals surface area contributed by atoms with Gasteiger partial charge in [-0.3, -0.25) is 0 Å². The van der Waals surface area contributed by atoms with Gasteiger partial charge in [0.2, 0.25) is 0 Å². The van der Waals surface area contributed by atoms with Crippen LogP contribution in [0.4, 0.5) is 0 Å². The second-order valence-corrected chi connectivity index (χ2v) is 2.91. The van der Waals surface area contributed by atoms with E-state index in [4.69, 9.17) is 11.0 Å². The summed E-state index contributed by atoms with van der Waals surface area (Å²) < 4.78 is 0. The predicted molar refractivity (Wildman–Crippen MR) is 49.9 cm³/mol. The minimum absolute atomic E-state index is 0.247. The molecule has 1 unspecified atom stereocenters. The fourth-order valence-corrected chi connectivity index (χ4v) is 1.12. The molecule has 0 aliphatic carbocycles. The van der Waals surface area contributed by atoms with Crippen LogP contribution in [0.3, 0.4) is 0 Å². The molecule has 0 spiro atoms. The summed E-state index contributed by atoms with van der Waals surface area (Å²) in [5.74, 6) is 0. The Kier molecular flexibility index (Phi) is 3.44. The average Bonchev–Trinajstić information content (AvgIpc) is 2.18. The molecule has 0 aliphatic rings. The van der Waals surface area contributed by atoms with Crippen molar-refractivity contribution in [3.8, 4) is 6.07 Å². The molecule has 0 amide bonds. The van der Waals surface area contributed by atoms with E-state index in [9.17, 15) is 5.11 Å². The summed E-state index contributed by atoms with van der Waals surface area (Å²) in [4.78, 5) is 0. The quantitative estimate of drug-likeness (QED) is 0.701. The molecule has 0 fully saturated rings. The minimum Gasteiger partial charge on any atom is -0.391 e. The minimum atomic E-state index is -0.519. The van der Waals surface area contributed by atoms with Crippen LogP contribution in [0.15, 0.2) is 24.3 Å². The van der Waals surface area contributed by atoms with Crippen molar-refractivity contribution in [3.05, 3.63) is 35.4 Å². The smallest absolute Gasteiger partial charge is 0.0991 e. The first-order chi connectivity index (χ1) is 6.26. The summed E-state index contributed by atoms with van der Waals surface area (Å²) in [6.07, 6.45) is -0.0135. The third-order valence-corrected chi connectivity index (χ3v) is 1.80. The SMILES string of the molecule is N#Cc1cccc(CC(O)CN)c1. The number of hydrogen-bond acceptors (Lipinski definition) is 3. The Labute approximate surface area is 77.4 Å². The predicted octanol–water partition coefficient (Wildman–Crippen LogP) is 0.420. The molecule has 0 bridgehead atoms. The van der Waals surface area contributed by atoms with Crippen LogP contribution in [0.2, 0.25) is 0 Å². The normalized spacial score (nSPS) is 12.1. The number of aliphatic hydroxyl groups is 1. The average molecular weight is 176 g/mol. The number of nitrogens with zero attached hydrogens (tertiary/aromatic N) is 1. The van der Waals surface area contributed by atoms with Crippen molar-refractivity contribution >= 4 is 0 Å². The van der Waals surface area contributed by atoms with E-state index in [2.05, 4.69) is 0 Å². The Morgan fingerprint density at radius 2 is 2.31 bits per heavy atom. The Bertz CT molecular complexity index is 317. The molecule has 0 aliphatic heterocycles. The first kappa shape index (κ1) is 9.72. The zero-order chi connectivity index (χ0) is 9.68. The van der Waals surface area contributed by atoms with E-state index in [-0.39, 0.29) is 6.54 Å². The maximum Gasteiger partial charge on any atom is 0.0991 e. The van der Waals surface area contributed by atoms with E-state index in [1.807, 2.05) is 12.1 Å². The lowest BCUT2D eigenvalue weighted by atomic mass is 10.1. The van der Waals surface area contributed by atoms with E-state index >= 15 is 0 Å². The molecule has 1 aromatic carbocycles. The Morgan fingerprint density at radius 1 is 1.54 bits per heavy atom. The molecule has 3 heteroatoms. The highest BCUT2D eigenvalue weighted by molar-refractivity contribution is 5.32. The van der Waals surface area contributed by atoms with Gasteiger partial charge in [0.15, 0.2) is 0 Å². The van der Waals surface area contributed by atoms with Crippen LogP contribution >= 0.6 is 0 Å². The molecule has 1 rings (SSSR count). The van der Waals surface area contributed by atoms with E-state index in [0.29, 0.717) is 12.0 Å². The van der Waals surface area contributed by atoms with Crippen molar-refractivity contribution in [1.29, 1.82) is 5.26 Å². The number of hydrogen-bond donors (Lipinski definition) is 2. The van der Waals surface area contributed by atoms with E-state index in [1.165, 1.54) is 0 Å². The van der Waals surface area contributed by atoms with Gasteiger partial charge in [-0.15, -0.1) is 0 Å². The monoisotopic (exact) mass is 176 g/mol. The largest absolute Gasteiger partial charge is 0.391 e. The Balaban J connectivity index is 2.73. The second kappa shape index (κ2) is 4.61. The van der Waals surface area contributed by atoms with Crippen molar-refractivity contribution in [2.45, 2.75) is 12.5 Å². The summed E-state index contributed by atoms with van der Waals surface area (Å²) in [7, 11) is 0. The molecule has 0 radical (unpaired) electrons. The number of rotatable bonds is 3. The van der Waals surface area contributed by atoms with Gasteiger partial charge in [-0.1, -0.05) is 12.1 Å². The summed E-state index contributed by atoms with van der Waals surface area (Å²) in [5, 5.41) is 17.9. The summed E-state index contributed by atoms with van der Waals surface area (Å²) in [6.45, 7) is 0.247. The zero-order valence-electron chi connectivity index (χ0n) is 7.27. The van der Waals surface area contributed by atoms with Gasteiger partial charge in [-0.2, -0.15) is 5.26 Å². The highest BCUT2D eigenvalue weighted by Crippen LogP contribution is 2.06. The number of benzene rings is 1. The topological polar surface area (TPSA) is 70.0 Å². The summed E-state index contributed by atoms with van der Waals surface area (Å²) in [5.41, 5.74) is 6.83. The Morgan fingerprint density at radius 3 is 2.92 bits per heavy atom. The summed E-state index contributed by atoms with van der Waals surface area (Å²) in [6, 6.07) is 9.22. The van der Waals surface area contributed by atoms with Gasteiger partial charge >= 0.3 is 0 Å². The van der Waals surface area contributed by atoms with E-state index in [1.54, 1.807) is 18.2 Å². The van der Waals surface area contributed by atoms with E-state index < -0.39 is 6.10 Å². The fourth-order valence-electron chi connectivity index (χ4n) is 1.12. The molecule has 1 aromatic rings. The van der Waals surface area contributed by atoms with Crippen molar-refractivity contribution in [1.82, 2.24) is 0 Å². The van der Waals surface area contributed by atoms with Crippen LogP contribution in [0.5, 0.6) is 0 Å². The van der Waals surface area contributed by atoms with Crippen LogP contribution < -0.4 is 5.73 Å². The lowest BCUT2D eigenvalue weighted by Crippen LogP contribution is -2.21. The van der Waals surface area contributed by atoms with Gasteiger partial charge in [0.05, 0.1) is 17.7 Å². The number of nitriles is 1.